The van der Waals surface area contributed by atoms with Crippen molar-refractivity contribution in [2.24, 2.45) is 5.10 Å². The quantitative estimate of drug-likeness (QED) is 0.365. The van der Waals surface area contributed by atoms with Crippen molar-refractivity contribution >= 4 is 39.5 Å². The molecule has 158 valence electrons. The van der Waals surface area contributed by atoms with Crippen LogP contribution in [-0.4, -0.2) is 52.7 Å². The van der Waals surface area contributed by atoms with E-state index in [1.807, 2.05) is 25.3 Å². The predicted molar refractivity (Wildman–Crippen MR) is 125 cm³/mol. The number of rotatable bonds is 5. The molecule has 1 saturated heterocycles. The number of H-pyrrole nitrogens is 1. The third-order valence-corrected chi connectivity index (χ3v) is 6.26. The first-order valence-electron chi connectivity index (χ1n) is 10.2. The number of aromatic amines is 1. The van der Waals surface area contributed by atoms with Gasteiger partial charge in [-0.1, -0.05) is 29.8 Å². The molecule has 2 N–H and O–H groups in total. The molecule has 4 aromatic rings. The fourth-order valence-electron chi connectivity index (χ4n) is 3.62. The van der Waals surface area contributed by atoms with Gasteiger partial charge in [-0.3, -0.25) is 5.10 Å². The fraction of sp³-hybridized carbons (Fsp3) is 0.273. The van der Waals surface area contributed by atoms with Crippen molar-refractivity contribution in [1.82, 2.24) is 20.2 Å². The maximum absolute atomic E-state index is 5.53. The van der Waals surface area contributed by atoms with Gasteiger partial charge in [-0.15, -0.1) is 11.3 Å². The monoisotopic (exact) mass is 433 g/mol. The van der Waals surface area contributed by atoms with E-state index in [4.69, 9.17) is 14.7 Å². The maximum atomic E-state index is 5.53. The number of hydrogen-bond donors (Lipinski definition) is 2. The molecule has 0 unspecified atom stereocenters. The van der Waals surface area contributed by atoms with Crippen LogP contribution in [0.25, 0.3) is 20.7 Å². The van der Waals surface area contributed by atoms with Crippen LogP contribution in [0.4, 0.5) is 11.8 Å². The van der Waals surface area contributed by atoms with Gasteiger partial charge in [0.2, 0.25) is 5.95 Å². The summed E-state index contributed by atoms with van der Waals surface area (Å²) in [5.41, 5.74) is 7.35. The molecule has 1 aliphatic heterocycles. The van der Waals surface area contributed by atoms with Crippen molar-refractivity contribution in [2.75, 3.05) is 36.6 Å². The summed E-state index contributed by atoms with van der Waals surface area (Å²) in [5, 5.41) is 12.6. The summed E-state index contributed by atoms with van der Waals surface area (Å²) < 4.78 is 5.53. The lowest BCUT2D eigenvalue weighted by Crippen LogP contribution is -2.37. The lowest BCUT2D eigenvalue weighted by atomic mass is 10.2. The smallest absolute Gasteiger partial charge is 0.246 e. The van der Waals surface area contributed by atoms with E-state index in [0.29, 0.717) is 19.2 Å². The number of nitrogens with zero attached hydrogens (tertiary/aromatic N) is 5. The lowest BCUT2D eigenvalue weighted by Gasteiger charge is -2.28. The van der Waals surface area contributed by atoms with E-state index in [1.54, 1.807) is 17.6 Å². The summed E-state index contributed by atoms with van der Waals surface area (Å²) in [4.78, 5) is 13.8. The van der Waals surface area contributed by atoms with Crippen LogP contribution < -0.4 is 10.3 Å². The Morgan fingerprint density at radius 2 is 2.06 bits per heavy atom. The fourth-order valence-corrected chi connectivity index (χ4v) is 4.71. The Labute approximate surface area is 184 Å². The van der Waals surface area contributed by atoms with Crippen LogP contribution in [0, 0.1) is 13.8 Å². The van der Waals surface area contributed by atoms with Gasteiger partial charge in [0.1, 0.15) is 10.6 Å². The van der Waals surface area contributed by atoms with Gasteiger partial charge in [-0.25, -0.2) is 10.4 Å². The van der Waals surface area contributed by atoms with Crippen LogP contribution in [-0.2, 0) is 4.74 Å². The minimum absolute atomic E-state index is 0.482. The van der Waals surface area contributed by atoms with Gasteiger partial charge in [-0.05, 0) is 25.5 Å². The molecule has 1 fully saturated rings. The molecule has 0 amide bonds. The number of aromatic nitrogens is 4. The highest BCUT2D eigenvalue weighted by atomic mass is 32.1. The van der Waals surface area contributed by atoms with Gasteiger partial charge in [0.05, 0.1) is 31.0 Å². The standard InChI is InChI=1S/C22H23N7OS/c1-14-4-3-5-16(10-14)12-23-28-22-25-20(29-6-8-30-9-7-29)17-11-19(31-21(17)26-22)18-13-24-27-15(18)2/h3-5,10-13H,6-9H2,1-2H3,(H,24,27)(H,25,26,28)/b23-12+. The molecule has 0 radical (unpaired) electrons. The van der Waals surface area contributed by atoms with Crippen LogP contribution in [0.1, 0.15) is 16.8 Å². The van der Waals surface area contributed by atoms with E-state index in [-0.39, 0.29) is 0 Å². The lowest BCUT2D eigenvalue weighted by molar-refractivity contribution is 0.122. The van der Waals surface area contributed by atoms with Crippen LogP contribution >= 0.6 is 11.3 Å². The van der Waals surface area contributed by atoms with Crippen LogP contribution in [0.3, 0.4) is 0 Å². The molecule has 1 aromatic carbocycles. The third kappa shape index (κ3) is 4.14. The van der Waals surface area contributed by atoms with Crippen molar-refractivity contribution < 1.29 is 4.74 Å². The second-order valence-corrected chi connectivity index (χ2v) is 8.52. The van der Waals surface area contributed by atoms with E-state index >= 15 is 0 Å². The van der Waals surface area contributed by atoms with Crippen LogP contribution in [0.5, 0.6) is 0 Å². The van der Waals surface area contributed by atoms with E-state index < -0.39 is 0 Å². The molecule has 8 nitrogen and oxygen atoms in total. The summed E-state index contributed by atoms with van der Waals surface area (Å²) in [6.07, 6.45) is 3.64. The number of aryl methyl sites for hydroxylation is 2. The Hall–Kier alpha value is -3.30. The van der Waals surface area contributed by atoms with E-state index in [9.17, 15) is 0 Å². The molecule has 5 rings (SSSR count). The number of ether oxygens (including phenoxy) is 1. The average molecular weight is 434 g/mol. The van der Waals surface area contributed by atoms with Gasteiger partial charge in [-0.2, -0.15) is 15.2 Å². The van der Waals surface area contributed by atoms with Crippen molar-refractivity contribution in [3.8, 4) is 10.4 Å². The number of hydrogen-bond acceptors (Lipinski definition) is 8. The number of fused-ring (bicyclic) bond motifs is 1. The molecule has 1 aliphatic rings. The van der Waals surface area contributed by atoms with Gasteiger partial charge in [0.25, 0.3) is 0 Å². The molecule has 4 heterocycles. The minimum Gasteiger partial charge on any atom is -0.378 e. The summed E-state index contributed by atoms with van der Waals surface area (Å²) in [5.74, 6) is 1.39. The number of thiophene rings is 1. The zero-order chi connectivity index (χ0) is 21.2. The number of nitrogens with one attached hydrogen (secondary N) is 2. The Bertz CT molecular complexity index is 1240. The summed E-state index contributed by atoms with van der Waals surface area (Å²) in [6, 6.07) is 10.3. The highest BCUT2D eigenvalue weighted by Gasteiger charge is 2.20. The molecule has 0 saturated carbocycles. The average Bonchev–Trinajstić information content (AvgIpc) is 3.39. The molecule has 3 aromatic heterocycles. The van der Waals surface area contributed by atoms with Gasteiger partial charge >= 0.3 is 0 Å². The Morgan fingerprint density at radius 3 is 2.84 bits per heavy atom. The first-order valence-corrected chi connectivity index (χ1v) is 11.0. The minimum atomic E-state index is 0.482. The highest BCUT2D eigenvalue weighted by Crippen LogP contribution is 2.38. The van der Waals surface area contributed by atoms with E-state index in [2.05, 4.69) is 50.7 Å². The maximum Gasteiger partial charge on any atom is 0.246 e. The number of hydrazone groups is 1. The molecule has 9 heteroatoms. The second-order valence-electron chi connectivity index (χ2n) is 7.49. The Kier molecular flexibility index (Phi) is 5.35. The number of anilines is 2. The molecular weight excluding hydrogens is 410 g/mol. The summed E-state index contributed by atoms with van der Waals surface area (Å²) in [6.45, 7) is 7.07. The molecule has 0 aliphatic carbocycles. The van der Waals surface area contributed by atoms with Gasteiger partial charge in [0, 0.05) is 29.2 Å². The summed E-state index contributed by atoms with van der Waals surface area (Å²) in [7, 11) is 0. The first-order chi connectivity index (χ1) is 15.2. The first kappa shape index (κ1) is 19.7. The van der Waals surface area contributed by atoms with E-state index in [1.165, 1.54) is 5.56 Å². The van der Waals surface area contributed by atoms with Crippen molar-refractivity contribution in [3.05, 3.63) is 53.3 Å². The topological polar surface area (TPSA) is 91.3 Å². The second kappa shape index (κ2) is 8.44. The van der Waals surface area contributed by atoms with Gasteiger partial charge < -0.3 is 9.64 Å². The van der Waals surface area contributed by atoms with E-state index in [0.717, 1.165) is 50.8 Å². The molecule has 31 heavy (non-hydrogen) atoms. The molecule has 0 spiro atoms. The summed E-state index contributed by atoms with van der Waals surface area (Å²) >= 11 is 1.63. The van der Waals surface area contributed by atoms with Crippen LogP contribution in [0.2, 0.25) is 0 Å². The van der Waals surface area contributed by atoms with Crippen molar-refractivity contribution in [1.29, 1.82) is 0 Å². The SMILES string of the molecule is Cc1cccc(/C=N/Nc2nc(N3CCOCC3)c3cc(-c4cn[nH]c4C)sc3n2)c1. The van der Waals surface area contributed by atoms with Gasteiger partial charge in [0.15, 0.2) is 0 Å². The van der Waals surface area contributed by atoms with Crippen molar-refractivity contribution in [2.45, 2.75) is 13.8 Å². The number of benzene rings is 1. The zero-order valence-corrected chi connectivity index (χ0v) is 18.2. The normalized spacial score (nSPS) is 14.6. The Balaban J connectivity index is 1.51. The van der Waals surface area contributed by atoms with Crippen LogP contribution in [0.15, 0.2) is 41.6 Å². The number of morpholine rings is 1. The largest absolute Gasteiger partial charge is 0.378 e. The highest BCUT2D eigenvalue weighted by molar-refractivity contribution is 7.22. The third-order valence-electron chi connectivity index (χ3n) is 5.20. The molecule has 0 bridgehead atoms. The zero-order valence-electron chi connectivity index (χ0n) is 17.4. The predicted octanol–water partition coefficient (Wildman–Crippen LogP) is 3.98. The Morgan fingerprint density at radius 1 is 1.19 bits per heavy atom. The molecule has 0 atom stereocenters. The molecular formula is C22H23N7OS. The van der Waals surface area contributed by atoms with Crippen molar-refractivity contribution in [3.63, 3.8) is 0 Å².